The fourth-order valence-corrected chi connectivity index (χ4v) is 3.41. The van der Waals surface area contributed by atoms with Crippen LogP contribution < -0.4 is 9.46 Å². The zero-order chi connectivity index (χ0) is 16.3. The van der Waals surface area contributed by atoms with E-state index in [0.717, 1.165) is 11.3 Å². The van der Waals surface area contributed by atoms with Gasteiger partial charge < -0.3 is 9.26 Å². The summed E-state index contributed by atoms with van der Waals surface area (Å²) < 4.78 is 37.6. The summed E-state index contributed by atoms with van der Waals surface area (Å²) in [4.78, 5) is 0.104. The average Bonchev–Trinajstić information content (AvgIpc) is 2.77. The largest absolute Gasteiger partial charge is 0.491 e. The first-order valence-corrected chi connectivity index (χ1v) is 8.46. The molecule has 1 aromatic carbocycles. The molecule has 1 aromatic heterocycles. The molecule has 0 aliphatic carbocycles. The van der Waals surface area contributed by atoms with E-state index in [2.05, 4.69) is 9.88 Å². The van der Waals surface area contributed by atoms with Crippen LogP contribution in [0, 0.1) is 13.8 Å². The van der Waals surface area contributed by atoms with E-state index in [9.17, 15) is 8.42 Å². The van der Waals surface area contributed by atoms with Gasteiger partial charge >= 0.3 is 0 Å². The van der Waals surface area contributed by atoms with Gasteiger partial charge in [-0.2, -0.15) is 0 Å². The maximum atomic E-state index is 12.3. The van der Waals surface area contributed by atoms with Crippen molar-refractivity contribution in [3.63, 3.8) is 0 Å². The number of hydrogen-bond acceptors (Lipinski definition) is 5. The average molecular weight is 324 g/mol. The van der Waals surface area contributed by atoms with Crippen LogP contribution in [0.1, 0.15) is 30.9 Å². The highest BCUT2D eigenvalue weighted by Gasteiger charge is 2.23. The van der Waals surface area contributed by atoms with Gasteiger partial charge in [0.05, 0.1) is 6.10 Å². The van der Waals surface area contributed by atoms with Crippen LogP contribution in [-0.2, 0) is 16.6 Å². The van der Waals surface area contributed by atoms with Crippen molar-refractivity contribution in [2.75, 3.05) is 0 Å². The first-order valence-electron chi connectivity index (χ1n) is 6.97. The summed E-state index contributed by atoms with van der Waals surface area (Å²) in [6.07, 6.45) is 0.101. The lowest BCUT2D eigenvalue weighted by Gasteiger charge is -2.10. The Morgan fingerprint density at radius 2 is 1.86 bits per heavy atom. The quantitative estimate of drug-likeness (QED) is 0.883. The number of benzene rings is 1. The molecule has 6 nitrogen and oxygen atoms in total. The monoisotopic (exact) mass is 324 g/mol. The van der Waals surface area contributed by atoms with Crippen LogP contribution in [0.15, 0.2) is 33.7 Å². The number of nitrogens with zero attached hydrogens (tertiary/aromatic N) is 1. The third kappa shape index (κ3) is 3.86. The number of aromatic nitrogens is 1. The molecule has 0 saturated carbocycles. The predicted octanol–water partition coefficient (Wildman–Crippen LogP) is 2.56. The van der Waals surface area contributed by atoms with Gasteiger partial charge in [0.2, 0.25) is 10.0 Å². The van der Waals surface area contributed by atoms with E-state index in [4.69, 9.17) is 9.26 Å². The molecule has 22 heavy (non-hydrogen) atoms. The van der Waals surface area contributed by atoms with Gasteiger partial charge in [0.1, 0.15) is 16.3 Å². The lowest BCUT2D eigenvalue weighted by Crippen LogP contribution is -2.24. The molecule has 2 rings (SSSR count). The van der Waals surface area contributed by atoms with E-state index < -0.39 is 10.0 Å². The second-order valence-corrected chi connectivity index (χ2v) is 6.99. The van der Waals surface area contributed by atoms with E-state index in [1.165, 1.54) is 0 Å². The van der Waals surface area contributed by atoms with Crippen molar-refractivity contribution in [2.24, 2.45) is 0 Å². The minimum absolute atomic E-state index is 0.101. The third-order valence-electron chi connectivity index (χ3n) is 3.00. The van der Waals surface area contributed by atoms with Crippen molar-refractivity contribution in [3.05, 3.63) is 41.3 Å². The lowest BCUT2D eigenvalue weighted by atomic mass is 10.2. The first-order chi connectivity index (χ1) is 10.3. The third-order valence-corrected chi connectivity index (χ3v) is 4.64. The van der Waals surface area contributed by atoms with Gasteiger partial charge in [0, 0.05) is 6.54 Å². The molecule has 1 heterocycles. The summed E-state index contributed by atoms with van der Waals surface area (Å²) in [5.41, 5.74) is 1.19. The molecule has 0 spiro atoms. The Hall–Kier alpha value is -1.86. The molecule has 7 heteroatoms. The highest BCUT2D eigenvalue weighted by atomic mass is 32.2. The maximum absolute atomic E-state index is 12.3. The molecule has 0 bridgehead atoms. The molecule has 0 saturated heterocycles. The number of sulfonamides is 1. The molecule has 0 fully saturated rings. The minimum atomic E-state index is -3.64. The molecule has 0 aliphatic rings. The SMILES string of the molecule is Cc1noc(C)c1S(=O)(=O)NCc1ccc(OC(C)C)cc1. The van der Waals surface area contributed by atoms with Gasteiger partial charge in [-0.05, 0) is 45.4 Å². The Kier molecular flexibility index (Phi) is 4.87. The molecule has 0 radical (unpaired) electrons. The number of ether oxygens (including phenoxy) is 1. The second-order valence-electron chi connectivity index (χ2n) is 5.29. The summed E-state index contributed by atoms with van der Waals surface area (Å²) in [7, 11) is -3.64. The van der Waals surface area contributed by atoms with Crippen molar-refractivity contribution in [2.45, 2.75) is 45.2 Å². The van der Waals surface area contributed by atoms with E-state index in [0.29, 0.717) is 5.69 Å². The molecule has 2 aromatic rings. The van der Waals surface area contributed by atoms with Crippen LogP contribution in [0.2, 0.25) is 0 Å². The molecule has 0 amide bonds. The fraction of sp³-hybridized carbons (Fsp3) is 0.400. The Morgan fingerprint density at radius 1 is 1.23 bits per heavy atom. The van der Waals surface area contributed by atoms with E-state index in [1.807, 2.05) is 38.1 Å². The fourth-order valence-electron chi connectivity index (χ4n) is 2.07. The highest BCUT2D eigenvalue weighted by Crippen LogP contribution is 2.19. The number of nitrogens with one attached hydrogen (secondary N) is 1. The lowest BCUT2D eigenvalue weighted by molar-refractivity contribution is 0.242. The standard InChI is InChI=1S/C15H20N2O4S/c1-10(2)20-14-7-5-13(6-8-14)9-16-22(18,19)15-11(3)17-21-12(15)4/h5-8,10,16H,9H2,1-4H3. The van der Waals surface area contributed by atoms with Crippen LogP contribution in [0.4, 0.5) is 0 Å². The van der Waals surface area contributed by atoms with Crippen LogP contribution >= 0.6 is 0 Å². The Bertz CT molecular complexity index is 714. The van der Waals surface area contributed by atoms with Crippen molar-refractivity contribution >= 4 is 10.0 Å². The highest BCUT2D eigenvalue weighted by molar-refractivity contribution is 7.89. The van der Waals surface area contributed by atoms with Crippen LogP contribution in [0.25, 0.3) is 0 Å². The van der Waals surface area contributed by atoms with Gasteiger partial charge in [-0.25, -0.2) is 13.1 Å². The summed E-state index contributed by atoms with van der Waals surface area (Å²) in [5.74, 6) is 1.04. The smallest absolute Gasteiger partial charge is 0.246 e. The van der Waals surface area contributed by atoms with Crippen molar-refractivity contribution in [3.8, 4) is 5.75 Å². The number of hydrogen-bond donors (Lipinski definition) is 1. The van der Waals surface area contributed by atoms with E-state index >= 15 is 0 Å². The van der Waals surface area contributed by atoms with E-state index in [-0.39, 0.29) is 23.3 Å². The predicted molar refractivity (Wildman–Crippen MR) is 82.2 cm³/mol. The molecule has 0 atom stereocenters. The van der Waals surface area contributed by atoms with Crippen molar-refractivity contribution in [1.82, 2.24) is 9.88 Å². The summed E-state index contributed by atoms with van der Waals surface area (Å²) in [5, 5.41) is 3.67. The van der Waals surface area contributed by atoms with Crippen molar-refractivity contribution in [1.29, 1.82) is 0 Å². The summed E-state index contributed by atoms with van der Waals surface area (Å²) in [6, 6.07) is 7.29. The Balaban J connectivity index is 2.06. The van der Waals surface area contributed by atoms with Gasteiger partial charge in [-0.15, -0.1) is 0 Å². The Morgan fingerprint density at radius 3 is 2.36 bits per heavy atom. The van der Waals surface area contributed by atoms with Gasteiger partial charge in [0.25, 0.3) is 0 Å². The summed E-state index contributed by atoms with van der Waals surface area (Å²) in [6.45, 7) is 7.27. The summed E-state index contributed by atoms with van der Waals surface area (Å²) >= 11 is 0. The van der Waals surface area contributed by atoms with Crippen LogP contribution in [-0.4, -0.2) is 19.7 Å². The van der Waals surface area contributed by atoms with E-state index in [1.54, 1.807) is 13.8 Å². The van der Waals surface area contributed by atoms with Crippen molar-refractivity contribution < 1.29 is 17.7 Å². The van der Waals surface area contributed by atoms with Gasteiger partial charge in [0.15, 0.2) is 5.76 Å². The molecule has 0 unspecified atom stereocenters. The second kappa shape index (κ2) is 6.50. The molecule has 0 aliphatic heterocycles. The molecular formula is C15H20N2O4S. The minimum Gasteiger partial charge on any atom is -0.491 e. The molecule has 120 valence electrons. The zero-order valence-electron chi connectivity index (χ0n) is 13.1. The number of aryl methyl sites for hydroxylation is 2. The zero-order valence-corrected chi connectivity index (χ0v) is 13.9. The molecular weight excluding hydrogens is 304 g/mol. The normalized spacial score (nSPS) is 11.9. The molecule has 1 N–H and O–H groups in total. The Labute approximate surface area is 130 Å². The maximum Gasteiger partial charge on any atom is 0.246 e. The van der Waals surface area contributed by atoms with Crippen LogP contribution in [0.3, 0.4) is 0 Å². The van der Waals surface area contributed by atoms with Gasteiger partial charge in [-0.3, -0.25) is 0 Å². The topological polar surface area (TPSA) is 81.4 Å². The van der Waals surface area contributed by atoms with Gasteiger partial charge in [-0.1, -0.05) is 17.3 Å². The number of rotatable bonds is 6. The first kappa shape index (κ1) is 16.5. The van der Waals surface area contributed by atoms with Crippen LogP contribution in [0.5, 0.6) is 5.75 Å².